The molecule has 13 aromatic carbocycles. The van der Waals surface area contributed by atoms with Crippen LogP contribution in [-0.2, 0) is 0 Å². The Kier molecular flexibility index (Phi) is 8.99. The first-order valence-electron chi connectivity index (χ1n) is 22.5. The Morgan fingerprint density at radius 1 is 0.221 bits per heavy atom. The molecule has 0 fully saturated rings. The Bertz CT molecular complexity index is 3940. The second-order valence-electron chi connectivity index (χ2n) is 17.4. The van der Waals surface area contributed by atoms with Gasteiger partial charge in [0.25, 0.3) is 0 Å². The minimum Gasteiger partial charge on any atom is -0.310 e. The molecule has 0 atom stereocenters. The predicted molar refractivity (Wildman–Crippen MR) is 276 cm³/mol. The molecule has 0 spiro atoms. The topological polar surface area (TPSA) is 6.48 Å². The highest BCUT2D eigenvalue weighted by Gasteiger charge is 2.22. The summed E-state index contributed by atoms with van der Waals surface area (Å²) < 4.78 is 64.6. The van der Waals surface area contributed by atoms with E-state index in [9.17, 15) is 0 Å². The van der Waals surface area contributed by atoms with Crippen molar-refractivity contribution in [2.45, 2.75) is 0 Å². The van der Waals surface area contributed by atoms with Crippen molar-refractivity contribution < 1.29 is 17.6 Å². The highest BCUT2D eigenvalue weighted by molar-refractivity contribution is 6.33. The van der Waals surface area contributed by atoms with Gasteiger partial charge in [0.15, 0.2) is 0 Å². The number of anilines is 6. The third kappa shape index (κ3) is 6.33. The van der Waals surface area contributed by atoms with Crippen molar-refractivity contribution in [3.05, 3.63) is 242 Å². The molecule has 0 saturated carbocycles. The average Bonchev–Trinajstić information content (AvgIpc) is 3.36. The van der Waals surface area contributed by atoms with Crippen LogP contribution in [-0.4, -0.2) is 0 Å². The SMILES string of the molecule is Fc1cc(F)c2c(c1)c1cc(N(c3ccccc3)c3ccc4ccccc4c3)ccc1c1cc3c(cc12)c1ccc(N(c2ccccc2)c2ccc4ccccc4c2)cc1c1cc(F)cc(F)c13. The van der Waals surface area contributed by atoms with E-state index in [4.69, 9.17) is 0 Å². The molecule has 0 saturated heterocycles. The Labute approximate surface area is 387 Å². The minimum atomic E-state index is -0.708. The fourth-order valence-corrected chi connectivity index (χ4v) is 10.5. The fraction of sp³-hybridized carbons (Fsp3) is 0. The second-order valence-corrected chi connectivity index (χ2v) is 17.4. The van der Waals surface area contributed by atoms with E-state index in [1.165, 1.54) is 12.1 Å². The molecule has 2 nitrogen and oxygen atoms in total. The molecule has 0 aliphatic rings. The van der Waals surface area contributed by atoms with Crippen LogP contribution in [0.15, 0.2) is 218 Å². The van der Waals surface area contributed by atoms with Gasteiger partial charge in [-0.2, -0.15) is 0 Å². The number of benzene rings is 13. The number of hydrogen-bond donors (Lipinski definition) is 0. The summed E-state index contributed by atoms with van der Waals surface area (Å²) in [5, 5.41) is 10.8. The molecule has 0 aliphatic heterocycles. The zero-order valence-corrected chi connectivity index (χ0v) is 36.2. The number of halogens is 4. The van der Waals surface area contributed by atoms with E-state index in [-0.39, 0.29) is 10.8 Å². The first-order valence-corrected chi connectivity index (χ1v) is 22.5. The largest absolute Gasteiger partial charge is 0.310 e. The predicted octanol–water partition coefficient (Wildman–Crippen LogP) is 18.4. The van der Waals surface area contributed by atoms with Gasteiger partial charge in [-0.1, -0.05) is 109 Å². The van der Waals surface area contributed by atoms with Crippen LogP contribution >= 0.6 is 0 Å². The van der Waals surface area contributed by atoms with Gasteiger partial charge in [-0.05, 0) is 172 Å². The zero-order chi connectivity index (χ0) is 45.6. The van der Waals surface area contributed by atoms with Crippen molar-refractivity contribution in [1.82, 2.24) is 0 Å². The van der Waals surface area contributed by atoms with Gasteiger partial charge in [0, 0.05) is 57.0 Å². The maximum atomic E-state index is 16.7. The molecule has 322 valence electrons. The molecule has 68 heavy (non-hydrogen) atoms. The van der Waals surface area contributed by atoms with Crippen LogP contribution in [0.25, 0.3) is 86.2 Å². The average molecular weight is 885 g/mol. The van der Waals surface area contributed by atoms with E-state index >= 15 is 17.6 Å². The minimum absolute atomic E-state index is 0.251. The molecule has 0 unspecified atom stereocenters. The lowest BCUT2D eigenvalue weighted by Crippen LogP contribution is -2.10. The van der Waals surface area contributed by atoms with Crippen LogP contribution < -0.4 is 9.80 Å². The maximum Gasteiger partial charge on any atom is 0.134 e. The van der Waals surface area contributed by atoms with Crippen molar-refractivity contribution in [3.63, 3.8) is 0 Å². The van der Waals surface area contributed by atoms with E-state index in [1.807, 2.05) is 133 Å². The zero-order valence-electron chi connectivity index (χ0n) is 36.2. The molecule has 0 aliphatic carbocycles. The number of hydrogen-bond acceptors (Lipinski definition) is 2. The summed E-state index contributed by atoms with van der Waals surface area (Å²) in [5.41, 5.74) is 5.21. The fourth-order valence-electron chi connectivity index (χ4n) is 10.5. The van der Waals surface area contributed by atoms with E-state index in [1.54, 1.807) is 0 Å². The van der Waals surface area contributed by atoms with Crippen molar-refractivity contribution in [3.8, 4) is 0 Å². The van der Waals surface area contributed by atoms with Crippen LogP contribution in [0, 0.1) is 23.3 Å². The Hall–Kier alpha value is -8.74. The van der Waals surface area contributed by atoms with Crippen molar-refractivity contribution in [2.75, 3.05) is 9.80 Å². The molecular formula is C62H36F4N2. The molecule has 6 heteroatoms. The van der Waals surface area contributed by atoms with Gasteiger partial charge >= 0.3 is 0 Å². The van der Waals surface area contributed by atoms with Gasteiger partial charge in [-0.3, -0.25) is 0 Å². The van der Waals surface area contributed by atoms with Gasteiger partial charge < -0.3 is 9.80 Å². The molecule has 13 rings (SSSR count). The summed E-state index contributed by atoms with van der Waals surface area (Å²) in [6.45, 7) is 0. The second kappa shape index (κ2) is 15.4. The molecular weight excluding hydrogens is 849 g/mol. The van der Waals surface area contributed by atoms with E-state index in [2.05, 4.69) is 70.5 Å². The van der Waals surface area contributed by atoms with Crippen molar-refractivity contribution in [2.24, 2.45) is 0 Å². The molecule has 0 N–H and O–H groups in total. The number of fused-ring (bicyclic) bond motifs is 14. The van der Waals surface area contributed by atoms with Crippen LogP contribution in [0.1, 0.15) is 0 Å². The van der Waals surface area contributed by atoms with Crippen LogP contribution in [0.4, 0.5) is 51.7 Å². The lowest BCUT2D eigenvalue weighted by Gasteiger charge is -2.27. The quantitative estimate of drug-likeness (QED) is 0.0933. The molecule has 0 amide bonds. The number of rotatable bonds is 6. The lowest BCUT2D eigenvalue weighted by atomic mass is 9.88. The summed E-state index contributed by atoms with van der Waals surface area (Å²) in [6, 6.07) is 69.3. The van der Waals surface area contributed by atoms with Crippen LogP contribution in [0.3, 0.4) is 0 Å². The molecule has 0 bridgehead atoms. The summed E-state index contributed by atoms with van der Waals surface area (Å²) in [5.74, 6) is -2.81. The summed E-state index contributed by atoms with van der Waals surface area (Å²) in [6.07, 6.45) is 0. The summed E-state index contributed by atoms with van der Waals surface area (Å²) >= 11 is 0. The highest BCUT2D eigenvalue weighted by Crippen LogP contribution is 2.47. The first-order chi connectivity index (χ1) is 33.3. The van der Waals surface area contributed by atoms with Gasteiger partial charge in [-0.15, -0.1) is 0 Å². The van der Waals surface area contributed by atoms with Gasteiger partial charge in [0.05, 0.1) is 0 Å². The lowest BCUT2D eigenvalue weighted by molar-refractivity contribution is 0.592. The van der Waals surface area contributed by atoms with Crippen LogP contribution in [0.2, 0.25) is 0 Å². The third-order valence-corrected chi connectivity index (χ3v) is 13.5. The maximum absolute atomic E-state index is 16.7. The molecule has 13 aromatic rings. The van der Waals surface area contributed by atoms with Gasteiger partial charge in [0.2, 0.25) is 0 Å². The first kappa shape index (κ1) is 39.6. The van der Waals surface area contributed by atoms with Crippen molar-refractivity contribution in [1.29, 1.82) is 0 Å². The molecule has 0 radical (unpaired) electrons. The summed E-state index contributed by atoms with van der Waals surface area (Å²) in [4.78, 5) is 4.27. The monoisotopic (exact) mass is 884 g/mol. The number of para-hydroxylation sites is 2. The number of nitrogens with zero attached hydrogens (tertiary/aromatic N) is 2. The third-order valence-electron chi connectivity index (χ3n) is 13.5. The Morgan fingerprint density at radius 3 is 0.985 bits per heavy atom. The molecule has 0 aromatic heterocycles. The van der Waals surface area contributed by atoms with Gasteiger partial charge in [0.1, 0.15) is 23.3 Å². The standard InChI is InChI=1S/C62H36F4N2/c63-41-29-55-51-33-47(67(43-15-3-1-4-16-43)45-21-19-37-11-7-9-13-39(37)27-45)23-25-49(51)53-35-58-54(36-57(53)61(55)59(65)31-41)50-26-24-48(34-52(50)56-30-42(64)32-60(66)62(56)58)68(44-17-5-2-6-18-44)46-22-20-38-12-8-10-14-40(38)28-46/h1-36H. The van der Waals surface area contributed by atoms with Crippen molar-refractivity contribution >= 4 is 120 Å². The molecule has 0 heterocycles. The van der Waals surface area contributed by atoms with E-state index in [0.717, 1.165) is 78.6 Å². The Balaban J connectivity index is 1.08. The van der Waals surface area contributed by atoms with E-state index < -0.39 is 23.3 Å². The smallest absolute Gasteiger partial charge is 0.134 e. The van der Waals surface area contributed by atoms with Gasteiger partial charge in [-0.25, -0.2) is 17.6 Å². The van der Waals surface area contributed by atoms with Crippen LogP contribution in [0.5, 0.6) is 0 Å². The van der Waals surface area contributed by atoms with E-state index in [0.29, 0.717) is 43.1 Å². The normalized spacial score (nSPS) is 11.8. The highest BCUT2D eigenvalue weighted by atomic mass is 19.1. The Morgan fingerprint density at radius 2 is 0.559 bits per heavy atom. The summed E-state index contributed by atoms with van der Waals surface area (Å²) in [7, 11) is 0.